The van der Waals surface area contributed by atoms with Gasteiger partial charge in [0.2, 0.25) is 0 Å². The number of halogens is 4. The number of benzene rings is 1. The molecular formula is C15H9BrClF2N3O. The molecule has 3 rings (SSSR count). The van der Waals surface area contributed by atoms with Gasteiger partial charge in [0.25, 0.3) is 5.91 Å². The maximum absolute atomic E-state index is 13.7. The molecule has 0 aliphatic carbocycles. The Labute approximate surface area is 143 Å². The molecule has 1 aliphatic heterocycles. The molecule has 4 nitrogen and oxygen atoms in total. The van der Waals surface area contributed by atoms with Gasteiger partial charge in [-0.3, -0.25) is 4.79 Å². The molecule has 0 unspecified atom stereocenters. The first-order chi connectivity index (χ1) is 11.0. The summed E-state index contributed by atoms with van der Waals surface area (Å²) in [5.74, 6) is -1.97. The second kappa shape index (κ2) is 6.33. The predicted octanol–water partition coefficient (Wildman–Crippen LogP) is 3.72. The molecule has 2 aromatic rings. The second-order valence-electron chi connectivity index (χ2n) is 4.88. The molecule has 118 valence electrons. The van der Waals surface area contributed by atoms with Crippen molar-refractivity contribution >= 4 is 44.8 Å². The first-order valence-corrected chi connectivity index (χ1v) is 7.75. The maximum Gasteiger partial charge on any atom is 0.266 e. The topological polar surface area (TPSA) is 54.4 Å². The van der Waals surface area contributed by atoms with Crippen LogP contribution in [0.5, 0.6) is 0 Å². The molecule has 0 spiro atoms. The van der Waals surface area contributed by atoms with Gasteiger partial charge in [-0.25, -0.2) is 18.8 Å². The third-order valence-corrected chi connectivity index (χ3v) is 4.10. The number of nitrogens with zero attached hydrogens (tertiary/aromatic N) is 2. The smallest absolute Gasteiger partial charge is 0.266 e. The molecule has 23 heavy (non-hydrogen) atoms. The van der Waals surface area contributed by atoms with Crippen molar-refractivity contribution in [2.75, 3.05) is 0 Å². The largest absolute Gasteiger partial charge is 0.347 e. The SMILES string of the molecule is O=C(NCc1c(F)cc(Br)cc1F)C1=Nc2c(ccnc2Cl)C1. The van der Waals surface area contributed by atoms with Crippen LogP contribution in [0.1, 0.15) is 11.1 Å². The summed E-state index contributed by atoms with van der Waals surface area (Å²) in [4.78, 5) is 20.2. The molecule has 0 radical (unpaired) electrons. The fourth-order valence-corrected chi connectivity index (χ4v) is 2.85. The predicted molar refractivity (Wildman–Crippen MR) is 86.0 cm³/mol. The Bertz CT molecular complexity index is 818. The number of fused-ring (bicyclic) bond motifs is 1. The second-order valence-corrected chi connectivity index (χ2v) is 6.15. The summed E-state index contributed by atoms with van der Waals surface area (Å²) in [5.41, 5.74) is 1.27. The van der Waals surface area contributed by atoms with Gasteiger partial charge in [-0.05, 0) is 23.8 Å². The molecule has 1 aromatic carbocycles. The Kier molecular flexibility index (Phi) is 4.41. The quantitative estimate of drug-likeness (QED) is 0.799. The molecule has 1 aromatic heterocycles. The molecule has 0 saturated heterocycles. The van der Waals surface area contributed by atoms with E-state index < -0.39 is 17.5 Å². The zero-order chi connectivity index (χ0) is 16.6. The zero-order valence-electron chi connectivity index (χ0n) is 11.5. The molecule has 8 heteroatoms. The number of hydrogen-bond donors (Lipinski definition) is 1. The van der Waals surface area contributed by atoms with Crippen molar-refractivity contribution in [3.05, 3.63) is 56.8 Å². The zero-order valence-corrected chi connectivity index (χ0v) is 13.9. The highest BCUT2D eigenvalue weighted by Crippen LogP contribution is 2.32. The van der Waals surface area contributed by atoms with Crippen LogP contribution in [0.2, 0.25) is 5.15 Å². The van der Waals surface area contributed by atoms with Gasteiger partial charge in [-0.2, -0.15) is 0 Å². The molecule has 2 heterocycles. The third-order valence-electron chi connectivity index (χ3n) is 3.36. The van der Waals surface area contributed by atoms with Gasteiger partial charge in [0.15, 0.2) is 5.15 Å². The molecule has 1 aliphatic rings. The number of pyridine rings is 1. The lowest BCUT2D eigenvalue weighted by molar-refractivity contribution is -0.115. The van der Waals surface area contributed by atoms with E-state index in [4.69, 9.17) is 11.6 Å². The minimum atomic E-state index is -0.735. The van der Waals surface area contributed by atoms with E-state index in [0.29, 0.717) is 16.6 Å². The summed E-state index contributed by atoms with van der Waals surface area (Å²) >= 11 is 8.91. The monoisotopic (exact) mass is 399 g/mol. The summed E-state index contributed by atoms with van der Waals surface area (Å²) in [7, 11) is 0. The van der Waals surface area contributed by atoms with Crippen LogP contribution in [-0.4, -0.2) is 16.6 Å². The average Bonchev–Trinajstić information content (AvgIpc) is 2.91. The number of carbonyl (C=O) groups is 1. The number of rotatable bonds is 3. The van der Waals surface area contributed by atoms with Crippen molar-refractivity contribution in [2.45, 2.75) is 13.0 Å². The molecule has 0 bridgehead atoms. The van der Waals surface area contributed by atoms with E-state index >= 15 is 0 Å². The molecule has 1 N–H and O–H groups in total. The summed E-state index contributed by atoms with van der Waals surface area (Å²) in [6.45, 7) is -0.273. The molecule has 0 atom stereocenters. The Morgan fingerprint density at radius 3 is 2.70 bits per heavy atom. The fraction of sp³-hybridized carbons (Fsp3) is 0.133. The van der Waals surface area contributed by atoms with Crippen LogP contribution < -0.4 is 5.32 Å². The summed E-state index contributed by atoms with van der Waals surface area (Å²) in [6.07, 6.45) is 1.83. The molecule has 0 saturated carbocycles. The Morgan fingerprint density at radius 2 is 2.04 bits per heavy atom. The van der Waals surface area contributed by atoms with Crippen LogP contribution in [0, 0.1) is 11.6 Å². The average molecular weight is 401 g/mol. The first-order valence-electron chi connectivity index (χ1n) is 6.58. The van der Waals surface area contributed by atoms with Gasteiger partial charge in [0, 0.05) is 29.2 Å². The van der Waals surface area contributed by atoms with Gasteiger partial charge in [-0.15, -0.1) is 0 Å². The standard InChI is InChI=1S/C15H9BrClF2N3O/c16-8-4-10(18)9(11(19)5-8)6-21-15(23)12-3-7-1-2-20-14(17)13(7)22-12/h1-2,4-5H,3,6H2,(H,21,23). The van der Waals surface area contributed by atoms with Crippen molar-refractivity contribution in [1.29, 1.82) is 0 Å². The first kappa shape index (κ1) is 16.0. The number of amides is 1. The highest BCUT2D eigenvalue weighted by molar-refractivity contribution is 9.10. The number of aromatic nitrogens is 1. The molecule has 1 amide bonds. The molecular weight excluding hydrogens is 392 g/mol. The number of nitrogens with one attached hydrogen (secondary N) is 1. The van der Waals surface area contributed by atoms with Crippen LogP contribution >= 0.6 is 27.5 Å². The van der Waals surface area contributed by atoms with Crippen molar-refractivity contribution in [1.82, 2.24) is 10.3 Å². The van der Waals surface area contributed by atoms with Crippen molar-refractivity contribution in [3.63, 3.8) is 0 Å². The van der Waals surface area contributed by atoms with E-state index in [1.807, 2.05) is 0 Å². The van der Waals surface area contributed by atoms with E-state index in [0.717, 1.165) is 17.7 Å². The fourth-order valence-electron chi connectivity index (χ4n) is 2.22. The van der Waals surface area contributed by atoms with E-state index in [1.54, 1.807) is 6.07 Å². The van der Waals surface area contributed by atoms with Crippen molar-refractivity contribution in [2.24, 2.45) is 4.99 Å². The molecule has 0 fully saturated rings. The highest BCUT2D eigenvalue weighted by atomic mass is 79.9. The van der Waals surface area contributed by atoms with Crippen LogP contribution in [0.3, 0.4) is 0 Å². The van der Waals surface area contributed by atoms with E-state index in [-0.39, 0.29) is 23.0 Å². The van der Waals surface area contributed by atoms with Gasteiger partial charge in [-0.1, -0.05) is 27.5 Å². The minimum absolute atomic E-state index is 0.211. The summed E-state index contributed by atoms with van der Waals surface area (Å²) in [5, 5.41) is 2.69. The van der Waals surface area contributed by atoms with Crippen LogP contribution in [0.4, 0.5) is 14.5 Å². The Morgan fingerprint density at radius 1 is 1.35 bits per heavy atom. The lowest BCUT2D eigenvalue weighted by atomic mass is 10.1. The van der Waals surface area contributed by atoms with Crippen molar-refractivity contribution in [3.8, 4) is 0 Å². The van der Waals surface area contributed by atoms with Crippen LogP contribution in [-0.2, 0) is 17.8 Å². The van der Waals surface area contributed by atoms with Gasteiger partial charge < -0.3 is 5.32 Å². The van der Waals surface area contributed by atoms with Crippen molar-refractivity contribution < 1.29 is 13.6 Å². The number of aliphatic imine (C=N–C) groups is 1. The lowest BCUT2D eigenvalue weighted by Crippen LogP contribution is -2.31. The van der Waals surface area contributed by atoms with Crippen LogP contribution in [0.25, 0.3) is 0 Å². The van der Waals surface area contributed by atoms with E-state index in [9.17, 15) is 13.6 Å². The number of carbonyl (C=O) groups excluding carboxylic acids is 1. The van der Waals surface area contributed by atoms with Gasteiger partial charge in [0.1, 0.15) is 23.0 Å². The number of hydrogen-bond acceptors (Lipinski definition) is 3. The minimum Gasteiger partial charge on any atom is -0.347 e. The summed E-state index contributed by atoms with van der Waals surface area (Å²) < 4.78 is 27.8. The Hall–Kier alpha value is -1.86. The van der Waals surface area contributed by atoms with Gasteiger partial charge in [0.05, 0.1) is 0 Å². The maximum atomic E-state index is 13.7. The third kappa shape index (κ3) is 3.25. The normalized spacial score (nSPS) is 12.8. The lowest BCUT2D eigenvalue weighted by Gasteiger charge is -2.08. The van der Waals surface area contributed by atoms with Gasteiger partial charge >= 0.3 is 0 Å². The highest BCUT2D eigenvalue weighted by Gasteiger charge is 2.23. The van der Waals surface area contributed by atoms with E-state index in [2.05, 4.69) is 31.2 Å². The Balaban J connectivity index is 1.73. The summed E-state index contributed by atoms with van der Waals surface area (Å²) in [6, 6.07) is 4.00. The van der Waals surface area contributed by atoms with Crippen LogP contribution in [0.15, 0.2) is 33.9 Å². The van der Waals surface area contributed by atoms with E-state index in [1.165, 1.54) is 6.20 Å².